The van der Waals surface area contributed by atoms with Crippen LogP contribution in [0.4, 0.5) is 5.00 Å². The number of nitrogens with one attached hydrogen (secondary N) is 1. The fourth-order valence-corrected chi connectivity index (χ4v) is 3.34. The summed E-state index contributed by atoms with van der Waals surface area (Å²) in [4.78, 5) is 22.5. The Kier molecular flexibility index (Phi) is 2.85. The van der Waals surface area contributed by atoms with Gasteiger partial charge in [-0.15, -0.1) is 0 Å². The van der Waals surface area contributed by atoms with Crippen LogP contribution in [0, 0.1) is 21.4 Å². The Morgan fingerprint density at radius 2 is 2.37 bits per heavy atom. The van der Waals surface area contributed by atoms with E-state index in [1.807, 2.05) is 0 Å². The van der Waals surface area contributed by atoms with Crippen LogP contribution in [0.25, 0.3) is 0 Å². The normalized spacial score (nSPS) is 23.3. The second-order valence-electron chi connectivity index (χ2n) is 5.14. The van der Waals surface area contributed by atoms with Crippen LogP contribution in [0.1, 0.15) is 30.6 Å². The summed E-state index contributed by atoms with van der Waals surface area (Å²) < 4.78 is 0. The predicted octanol–water partition coefficient (Wildman–Crippen LogP) is 2.30. The van der Waals surface area contributed by atoms with Crippen LogP contribution in [0.15, 0.2) is 17.2 Å². The van der Waals surface area contributed by atoms with Crippen LogP contribution in [-0.2, 0) is 4.79 Å². The summed E-state index contributed by atoms with van der Waals surface area (Å²) in [5.74, 6) is 0.0954. The lowest BCUT2D eigenvalue weighted by molar-refractivity contribution is -0.380. The highest BCUT2D eigenvalue weighted by molar-refractivity contribution is 7.16. The van der Waals surface area contributed by atoms with Crippen LogP contribution in [0.2, 0.25) is 0 Å². The molecule has 1 N–H and O–H groups in total. The van der Waals surface area contributed by atoms with Crippen molar-refractivity contribution in [1.29, 1.82) is 0 Å². The van der Waals surface area contributed by atoms with Crippen molar-refractivity contribution < 1.29 is 9.72 Å². The van der Waals surface area contributed by atoms with Crippen molar-refractivity contribution in [3.05, 3.63) is 27.1 Å². The van der Waals surface area contributed by atoms with Crippen LogP contribution in [-0.4, -0.2) is 17.0 Å². The van der Waals surface area contributed by atoms with Crippen molar-refractivity contribution in [2.75, 3.05) is 0 Å². The first kappa shape index (κ1) is 12.3. The molecule has 1 aromatic rings. The monoisotopic (exact) mass is 279 g/mol. The van der Waals surface area contributed by atoms with Gasteiger partial charge in [-0.1, -0.05) is 17.8 Å². The third-order valence-electron chi connectivity index (χ3n) is 4.01. The molecule has 19 heavy (non-hydrogen) atoms. The van der Waals surface area contributed by atoms with Crippen molar-refractivity contribution >= 4 is 28.5 Å². The first-order valence-electron chi connectivity index (χ1n) is 6.18. The maximum Gasteiger partial charge on any atom is 0.324 e. The largest absolute Gasteiger partial charge is 0.324 e. The quantitative estimate of drug-likeness (QED) is 0.521. The minimum absolute atomic E-state index is 0.0259. The van der Waals surface area contributed by atoms with E-state index in [0.29, 0.717) is 10.3 Å². The Morgan fingerprint density at radius 3 is 2.89 bits per heavy atom. The molecule has 1 heterocycles. The topological polar surface area (TPSA) is 84.6 Å². The third kappa shape index (κ3) is 2.25. The smallest absolute Gasteiger partial charge is 0.273 e. The zero-order valence-corrected chi connectivity index (χ0v) is 11.0. The molecule has 0 aliphatic heterocycles. The molecule has 2 aliphatic carbocycles. The summed E-state index contributed by atoms with van der Waals surface area (Å²) in [6.45, 7) is 0. The van der Waals surface area contributed by atoms with Gasteiger partial charge in [0.25, 0.3) is 0 Å². The second-order valence-corrected chi connectivity index (χ2v) is 6.23. The Hall–Kier alpha value is -1.76. The summed E-state index contributed by atoms with van der Waals surface area (Å²) in [7, 11) is 0. The molecule has 0 radical (unpaired) electrons. The van der Waals surface area contributed by atoms with E-state index in [9.17, 15) is 14.9 Å². The summed E-state index contributed by atoms with van der Waals surface area (Å²) in [5, 5.41) is 14.4. The molecule has 1 spiro atoms. The van der Waals surface area contributed by atoms with Gasteiger partial charge in [-0.3, -0.25) is 14.9 Å². The maximum absolute atomic E-state index is 11.8. The molecular weight excluding hydrogens is 266 g/mol. The number of amides is 1. The average molecular weight is 279 g/mol. The van der Waals surface area contributed by atoms with E-state index in [1.165, 1.54) is 18.7 Å². The Morgan fingerprint density at radius 1 is 1.58 bits per heavy atom. The molecule has 3 rings (SSSR count). The van der Waals surface area contributed by atoms with Gasteiger partial charge in [0.05, 0.1) is 16.0 Å². The van der Waals surface area contributed by atoms with Crippen molar-refractivity contribution in [2.45, 2.75) is 25.7 Å². The molecule has 2 saturated carbocycles. The zero-order valence-electron chi connectivity index (χ0n) is 10.2. The lowest BCUT2D eigenvalue weighted by atomic mass is 9.80. The van der Waals surface area contributed by atoms with Crippen molar-refractivity contribution in [1.82, 2.24) is 5.43 Å². The van der Waals surface area contributed by atoms with E-state index in [4.69, 9.17) is 0 Å². The maximum atomic E-state index is 11.8. The number of rotatable bonds is 4. The van der Waals surface area contributed by atoms with Crippen molar-refractivity contribution in [2.24, 2.45) is 16.4 Å². The van der Waals surface area contributed by atoms with E-state index in [0.717, 1.165) is 30.6 Å². The van der Waals surface area contributed by atoms with E-state index >= 15 is 0 Å². The highest BCUT2D eigenvalue weighted by atomic mass is 32.1. The number of hydrogen-bond acceptors (Lipinski definition) is 5. The van der Waals surface area contributed by atoms with Crippen molar-refractivity contribution in [3.63, 3.8) is 0 Å². The molecule has 2 fully saturated rings. The molecule has 100 valence electrons. The summed E-state index contributed by atoms with van der Waals surface area (Å²) in [6.07, 6.45) is 5.98. The van der Waals surface area contributed by atoms with Crippen molar-refractivity contribution in [3.8, 4) is 0 Å². The van der Waals surface area contributed by atoms with Gasteiger partial charge < -0.3 is 0 Å². The van der Waals surface area contributed by atoms with Crippen LogP contribution in [0.3, 0.4) is 0 Å². The molecule has 0 aromatic carbocycles. The number of nitro groups is 1. The zero-order chi connectivity index (χ0) is 13.5. The molecule has 0 saturated heterocycles. The molecule has 0 bridgehead atoms. The molecule has 1 aromatic heterocycles. The number of carbonyl (C=O) groups excluding carboxylic acids is 1. The van der Waals surface area contributed by atoms with E-state index in [-0.39, 0.29) is 16.8 Å². The number of hydrazone groups is 1. The van der Waals surface area contributed by atoms with Gasteiger partial charge in [0.1, 0.15) is 0 Å². The van der Waals surface area contributed by atoms with Gasteiger partial charge in [0, 0.05) is 12.0 Å². The second kappa shape index (κ2) is 4.41. The van der Waals surface area contributed by atoms with Gasteiger partial charge in [0.2, 0.25) is 5.91 Å². The Balaban J connectivity index is 1.52. The Labute approximate surface area is 113 Å². The average Bonchev–Trinajstić information content (AvgIpc) is 2.94. The Bertz CT molecular complexity index is 562. The summed E-state index contributed by atoms with van der Waals surface area (Å²) >= 11 is 1.03. The van der Waals surface area contributed by atoms with E-state index < -0.39 is 4.92 Å². The van der Waals surface area contributed by atoms with Gasteiger partial charge in [-0.2, -0.15) is 5.10 Å². The molecule has 1 atom stereocenters. The van der Waals surface area contributed by atoms with Gasteiger partial charge in [-0.25, -0.2) is 5.43 Å². The van der Waals surface area contributed by atoms with Gasteiger partial charge in [-0.05, 0) is 30.7 Å². The van der Waals surface area contributed by atoms with E-state index in [1.54, 1.807) is 6.07 Å². The number of thiophene rings is 1. The molecule has 7 heteroatoms. The molecular formula is C12H13N3O3S. The molecule has 1 amide bonds. The highest BCUT2D eigenvalue weighted by Gasteiger charge is 2.60. The first-order valence-corrected chi connectivity index (χ1v) is 7.00. The lowest BCUT2D eigenvalue weighted by Gasteiger charge is -2.25. The minimum atomic E-state index is -0.439. The van der Waals surface area contributed by atoms with Gasteiger partial charge >= 0.3 is 5.00 Å². The highest BCUT2D eigenvalue weighted by Crippen LogP contribution is 2.65. The lowest BCUT2D eigenvalue weighted by Crippen LogP contribution is -2.26. The molecule has 2 aliphatic rings. The molecule has 0 unspecified atom stereocenters. The minimum Gasteiger partial charge on any atom is -0.273 e. The van der Waals surface area contributed by atoms with Gasteiger partial charge in [0.15, 0.2) is 0 Å². The first-order chi connectivity index (χ1) is 9.11. The van der Waals surface area contributed by atoms with Crippen LogP contribution in [0.5, 0.6) is 0 Å². The van der Waals surface area contributed by atoms with Crippen LogP contribution < -0.4 is 5.43 Å². The van der Waals surface area contributed by atoms with Crippen LogP contribution >= 0.6 is 11.3 Å². The number of carbonyl (C=O) groups is 1. The third-order valence-corrected chi connectivity index (χ3v) is 4.99. The summed E-state index contributed by atoms with van der Waals surface area (Å²) in [5.41, 5.74) is 2.82. The fourth-order valence-electron chi connectivity index (χ4n) is 2.65. The number of nitrogens with zero attached hydrogens (tertiary/aromatic N) is 2. The number of hydrogen-bond donors (Lipinski definition) is 1. The summed E-state index contributed by atoms with van der Waals surface area (Å²) in [6, 6.07) is 3.04. The SMILES string of the molecule is O=C(N/N=C\c1ccc([N+](=O)[O-])s1)[C@H]1CC12CCC2. The van der Waals surface area contributed by atoms with E-state index in [2.05, 4.69) is 10.5 Å². The fraction of sp³-hybridized carbons (Fsp3) is 0.500. The molecule has 6 nitrogen and oxygen atoms in total. The predicted molar refractivity (Wildman–Crippen MR) is 71.1 cm³/mol. The standard InChI is InChI=1S/C12H13N3O3S/c16-11(9-6-12(9)4-1-5-12)14-13-7-8-2-3-10(19-8)15(17)18/h2-3,7,9H,1,4-6H2,(H,14,16)/b13-7-/t9-/m1/s1.